The summed E-state index contributed by atoms with van der Waals surface area (Å²) in [6.07, 6.45) is 1.53. The minimum atomic E-state index is -1.52. The van der Waals surface area contributed by atoms with Crippen LogP contribution in [0.25, 0.3) is 22.0 Å². The van der Waals surface area contributed by atoms with Crippen LogP contribution in [-0.4, -0.2) is 53.7 Å². The van der Waals surface area contributed by atoms with Crippen molar-refractivity contribution in [3.63, 3.8) is 0 Å². The van der Waals surface area contributed by atoms with E-state index in [1.165, 1.54) is 6.20 Å². The molecule has 0 atom stereocenters. The maximum atomic E-state index is 9.59. The Labute approximate surface area is 151 Å². The molecular formula is C18H19BN4O3. The molecule has 1 fully saturated rings. The fourth-order valence-electron chi connectivity index (χ4n) is 3.27. The summed E-state index contributed by atoms with van der Waals surface area (Å²) in [7, 11) is -1.52. The monoisotopic (exact) mass is 350 g/mol. The molecule has 2 aromatic carbocycles. The summed E-state index contributed by atoms with van der Waals surface area (Å²) in [5.74, 6) is 0. The summed E-state index contributed by atoms with van der Waals surface area (Å²) in [4.78, 5) is 2.24. The molecule has 0 spiro atoms. The average molecular weight is 350 g/mol. The van der Waals surface area contributed by atoms with Crippen LogP contribution in [-0.2, 0) is 4.74 Å². The summed E-state index contributed by atoms with van der Waals surface area (Å²) < 4.78 is 5.45. The molecule has 26 heavy (non-hydrogen) atoms. The van der Waals surface area contributed by atoms with E-state index >= 15 is 0 Å². The van der Waals surface area contributed by atoms with E-state index in [-0.39, 0.29) is 0 Å². The number of morpholine rings is 1. The highest BCUT2D eigenvalue weighted by atomic mass is 16.5. The second-order valence-electron chi connectivity index (χ2n) is 6.28. The Morgan fingerprint density at radius 1 is 1.08 bits per heavy atom. The highest BCUT2D eigenvalue weighted by Gasteiger charge is 2.19. The average Bonchev–Trinajstić information content (AvgIpc) is 2.68. The summed E-state index contributed by atoms with van der Waals surface area (Å²) >= 11 is 0. The number of nitrogen functional groups attached to an aromatic ring is 1. The van der Waals surface area contributed by atoms with E-state index in [2.05, 4.69) is 15.1 Å². The van der Waals surface area contributed by atoms with E-state index in [0.29, 0.717) is 29.9 Å². The number of ether oxygens (including phenoxy) is 1. The van der Waals surface area contributed by atoms with Crippen molar-refractivity contribution in [3.8, 4) is 11.1 Å². The lowest BCUT2D eigenvalue weighted by molar-refractivity contribution is 0.123. The predicted molar refractivity (Wildman–Crippen MR) is 102 cm³/mol. The van der Waals surface area contributed by atoms with Gasteiger partial charge < -0.3 is 25.4 Å². The van der Waals surface area contributed by atoms with Crippen LogP contribution in [0.2, 0.25) is 0 Å². The van der Waals surface area contributed by atoms with Crippen molar-refractivity contribution < 1.29 is 14.8 Å². The zero-order valence-corrected chi connectivity index (χ0v) is 14.2. The molecule has 0 bridgehead atoms. The number of nitrogens with zero attached hydrogens (tertiary/aromatic N) is 3. The van der Waals surface area contributed by atoms with E-state index in [1.54, 1.807) is 12.1 Å². The number of hydrogen-bond donors (Lipinski definition) is 3. The minimum Gasteiger partial charge on any atom is -0.423 e. The lowest BCUT2D eigenvalue weighted by atomic mass is 9.78. The van der Waals surface area contributed by atoms with Crippen molar-refractivity contribution in [2.75, 3.05) is 36.9 Å². The summed E-state index contributed by atoms with van der Waals surface area (Å²) in [5.41, 5.74) is 10.5. The van der Waals surface area contributed by atoms with Gasteiger partial charge in [0.25, 0.3) is 0 Å². The zero-order chi connectivity index (χ0) is 18.1. The first-order chi connectivity index (χ1) is 12.6. The molecule has 4 rings (SSSR count). The Morgan fingerprint density at radius 3 is 2.65 bits per heavy atom. The lowest BCUT2D eigenvalue weighted by Gasteiger charge is -2.31. The molecular weight excluding hydrogens is 331 g/mol. The largest absolute Gasteiger partial charge is 0.488 e. The molecule has 1 aromatic heterocycles. The van der Waals surface area contributed by atoms with E-state index in [9.17, 15) is 10.0 Å². The minimum absolute atomic E-state index is 0.441. The lowest BCUT2D eigenvalue weighted by Crippen LogP contribution is -2.37. The zero-order valence-electron chi connectivity index (χ0n) is 14.2. The third kappa shape index (κ3) is 3.10. The number of rotatable bonds is 3. The normalized spacial score (nSPS) is 14.6. The Morgan fingerprint density at radius 2 is 1.88 bits per heavy atom. The van der Waals surface area contributed by atoms with E-state index in [4.69, 9.17) is 10.5 Å². The van der Waals surface area contributed by atoms with E-state index < -0.39 is 7.12 Å². The maximum Gasteiger partial charge on any atom is 0.488 e. The Hall–Kier alpha value is -2.68. The third-order valence-electron chi connectivity index (χ3n) is 4.65. The standard InChI is InChI=1S/C18H19BN4O3/c20-16-11-21-22-17-9-12(1-3-14(16)17)15-10-13(19(24)25)2-4-18(15)23-5-7-26-8-6-23/h1-4,9-11,24-25H,5-8H2,(H2,20,22). The summed E-state index contributed by atoms with van der Waals surface area (Å²) in [6, 6.07) is 11.3. The van der Waals surface area contributed by atoms with Gasteiger partial charge in [0, 0.05) is 29.7 Å². The van der Waals surface area contributed by atoms with E-state index in [0.717, 1.165) is 35.3 Å². The first kappa shape index (κ1) is 16.8. The van der Waals surface area contributed by atoms with Gasteiger partial charge in [0.1, 0.15) is 0 Å². The van der Waals surface area contributed by atoms with Gasteiger partial charge in [-0.15, -0.1) is 0 Å². The molecule has 1 saturated heterocycles. The molecule has 4 N–H and O–H groups in total. The fraction of sp³-hybridized carbons (Fsp3) is 0.222. The van der Waals surface area contributed by atoms with Gasteiger partial charge in [-0.3, -0.25) is 0 Å². The van der Waals surface area contributed by atoms with Crippen LogP contribution >= 0.6 is 0 Å². The van der Waals surface area contributed by atoms with Crippen LogP contribution in [0.3, 0.4) is 0 Å². The molecule has 1 aliphatic heterocycles. The van der Waals surface area contributed by atoms with Gasteiger partial charge in [0.05, 0.1) is 30.6 Å². The second-order valence-corrected chi connectivity index (χ2v) is 6.28. The van der Waals surface area contributed by atoms with Crippen molar-refractivity contribution in [3.05, 3.63) is 42.6 Å². The number of hydrogen-bond acceptors (Lipinski definition) is 7. The quantitative estimate of drug-likeness (QED) is 0.587. The van der Waals surface area contributed by atoms with Gasteiger partial charge in [-0.2, -0.15) is 10.2 Å². The Bertz CT molecular complexity index is 945. The molecule has 3 aromatic rings. The predicted octanol–water partition coefficient (Wildman–Crippen LogP) is 0.395. The molecule has 8 heteroatoms. The number of anilines is 2. The van der Waals surface area contributed by atoms with Gasteiger partial charge in [-0.25, -0.2) is 0 Å². The van der Waals surface area contributed by atoms with Gasteiger partial charge in [-0.1, -0.05) is 18.2 Å². The summed E-state index contributed by atoms with van der Waals surface area (Å²) in [5, 5.41) is 28.1. The van der Waals surface area contributed by atoms with Gasteiger partial charge in [-0.05, 0) is 29.2 Å². The van der Waals surface area contributed by atoms with Gasteiger partial charge in [0.2, 0.25) is 0 Å². The maximum absolute atomic E-state index is 9.59. The van der Waals surface area contributed by atoms with Crippen molar-refractivity contribution in [2.24, 2.45) is 0 Å². The molecule has 0 unspecified atom stereocenters. The molecule has 0 aliphatic carbocycles. The van der Waals surface area contributed by atoms with Crippen LogP contribution in [0.5, 0.6) is 0 Å². The third-order valence-corrected chi connectivity index (χ3v) is 4.65. The molecule has 7 nitrogen and oxygen atoms in total. The number of aromatic nitrogens is 2. The van der Waals surface area contributed by atoms with Crippen molar-refractivity contribution in [1.29, 1.82) is 0 Å². The summed E-state index contributed by atoms with van der Waals surface area (Å²) in [6.45, 7) is 2.91. The van der Waals surface area contributed by atoms with Crippen LogP contribution in [0.15, 0.2) is 42.6 Å². The number of nitrogens with two attached hydrogens (primary N) is 1. The highest BCUT2D eigenvalue weighted by molar-refractivity contribution is 6.58. The van der Waals surface area contributed by atoms with Gasteiger partial charge in [0.15, 0.2) is 0 Å². The first-order valence-electron chi connectivity index (χ1n) is 8.47. The van der Waals surface area contributed by atoms with Crippen molar-refractivity contribution in [2.45, 2.75) is 0 Å². The molecule has 0 radical (unpaired) electrons. The fourth-order valence-corrected chi connectivity index (χ4v) is 3.27. The van der Waals surface area contributed by atoms with Gasteiger partial charge >= 0.3 is 7.12 Å². The van der Waals surface area contributed by atoms with Crippen molar-refractivity contribution >= 4 is 34.9 Å². The molecule has 132 valence electrons. The van der Waals surface area contributed by atoms with Crippen LogP contribution < -0.4 is 16.1 Å². The van der Waals surface area contributed by atoms with E-state index in [1.807, 2.05) is 24.3 Å². The molecule has 0 amide bonds. The topological polar surface area (TPSA) is 105 Å². The van der Waals surface area contributed by atoms with Crippen LogP contribution in [0.1, 0.15) is 0 Å². The Balaban J connectivity index is 1.86. The van der Waals surface area contributed by atoms with Crippen molar-refractivity contribution in [1.82, 2.24) is 10.2 Å². The first-order valence-corrected chi connectivity index (χ1v) is 8.47. The molecule has 0 saturated carbocycles. The smallest absolute Gasteiger partial charge is 0.423 e. The highest BCUT2D eigenvalue weighted by Crippen LogP contribution is 2.33. The molecule has 2 heterocycles. The number of benzene rings is 2. The Kier molecular flexibility index (Phi) is 4.46. The van der Waals surface area contributed by atoms with Crippen LogP contribution in [0.4, 0.5) is 11.4 Å². The van der Waals surface area contributed by atoms with Crippen LogP contribution in [0, 0.1) is 0 Å². The molecule has 1 aliphatic rings. The SMILES string of the molecule is Nc1cnnc2cc(-c3cc(B(O)O)ccc3N3CCOCC3)ccc12. The second kappa shape index (κ2) is 6.91. The number of fused-ring (bicyclic) bond motifs is 1.